The van der Waals surface area contributed by atoms with E-state index in [0.29, 0.717) is 30.3 Å². The molecule has 0 amide bonds. The molecule has 0 bridgehead atoms. The Morgan fingerprint density at radius 3 is 2.45 bits per heavy atom. The van der Waals surface area contributed by atoms with Crippen molar-refractivity contribution < 1.29 is 35.8 Å². The minimum Gasteiger partial charge on any atom is -0.494 e. The number of halogens is 3. The molecule has 0 unspecified atom stereocenters. The van der Waals surface area contributed by atoms with Gasteiger partial charge in [-0.1, -0.05) is 12.1 Å². The summed E-state index contributed by atoms with van der Waals surface area (Å²) in [5.41, 5.74) is 2.29. The summed E-state index contributed by atoms with van der Waals surface area (Å²) in [4.78, 5) is 10.9. The molecule has 0 atom stereocenters. The number of alkyl halides is 3. The highest BCUT2D eigenvalue weighted by Crippen LogP contribution is 2.33. The highest BCUT2D eigenvalue weighted by atomic mass is 32.2. The first kappa shape index (κ1) is 29.2. The van der Waals surface area contributed by atoms with Gasteiger partial charge >= 0.3 is 6.18 Å². The van der Waals surface area contributed by atoms with Gasteiger partial charge in [-0.2, -0.15) is 18.2 Å². The predicted molar refractivity (Wildman–Crippen MR) is 145 cm³/mol. The number of sulfonamides is 1. The van der Waals surface area contributed by atoms with Crippen LogP contribution in [0.3, 0.4) is 0 Å². The summed E-state index contributed by atoms with van der Waals surface area (Å²) in [5.74, 6) is 0.766. The van der Waals surface area contributed by atoms with Crippen LogP contribution in [0.4, 0.5) is 47.7 Å². The van der Waals surface area contributed by atoms with Gasteiger partial charge in [-0.3, -0.25) is 4.72 Å². The number of benzene rings is 2. The third-order valence-electron chi connectivity index (χ3n) is 5.67. The van der Waals surface area contributed by atoms with Crippen LogP contribution in [0, 0.1) is 0 Å². The molecule has 11 nitrogen and oxygen atoms in total. The average molecular weight is 583 g/mol. The lowest BCUT2D eigenvalue weighted by Crippen LogP contribution is -2.36. The van der Waals surface area contributed by atoms with Crippen molar-refractivity contribution in [2.45, 2.75) is 12.8 Å². The molecule has 15 heteroatoms. The monoisotopic (exact) mass is 582 g/mol. The van der Waals surface area contributed by atoms with Gasteiger partial charge in [-0.25, -0.2) is 13.4 Å². The number of para-hydroxylation sites is 2. The summed E-state index contributed by atoms with van der Waals surface area (Å²) in [6.45, 7) is 0.873. The van der Waals surface area contributed by atoms with E-state index in [1.807, 2.05) is 18.2 Å². The van der Waals surface area contributed by atoms with Crippen LogP contribution >= 0.6 is 0 Å². The number of nitrogens with one attached hydrogen (secondary N) is 3. The second kappa shape index (κ2) is 12.6. The number of hydrogen-bond donors (Lipinski definition) is 3. The van der Waals surface area contributed by atoms with Crippen molar-refractivity contribution in [3.8, 4) is 5.75 Å². The zero-order valence-electron chi connectivity index (χ0n) is 21.8. The van der Waals surface area contributed by atoms with Crippen molar-refractivity contribution in [3.63, 3.8) is 0 Å². The third-order valence-corrected chi connectivity index (χ3v) is 6.26. The number of morpholine rings is 1. The standard InChI is InChI=1S/C25H29F3N6O5S/c1-37-22-13-18(34-9-11-38-12-10-34)7-8-21(22)31-24-29-14-17(15-39-16-25(26,27)28)23(32-24)30-19-5-3-4-6-20(19)33-40(2,35)36/h3-8,13-14,33H,9-12,15-16H2,1-2H3,(H2,29,30,31,32). The smallest absolute Gasteiger partial charge is 0.411 e. The van der Waals surface area contributed by atoms with Crippen molar-refractivity contribution >= 4 is 44.5 Å². The van der Waals surface area contributed by atoms with E-state index in [1.54, 1.807) is 18.2 Å². The molecule has 1 saturated heterocycles. The fraction of sp³-hybridized carbons (Fsp3) is 0.360. The lowest BCUT2D eigenvalue weighted by atomic mass is 10.2. The molecule has 2 aromatic carbocycles. The SMILES string of the molecule is COc1cc(N2CCOCC2)ccc1Nc1ncc(COCC(F)(F)F)c(Nc2ccccc2NS(C)(=O)=O)n1. The Kier molecular flexibility index (Phi) is 9.17. The van der Waals surface area contributed by atoms with Crippen molar-refractivity contribution in [2.24, 2.45) is 0 Å². The van der Waals surface area contributed by atoms with Crippen LogP contribution < -0.4 is 25.0 Å². The molecule has 4 rings (SSSR count). The maximum absolute atomic E-state index is 12.7. The summed E-state index contributed by atoms with van der Waals surface area (Å²) in [5, 5.41) is 6.07. The lowest BCUT2D eigenvalue weighted by Gasteiger charge is -2.29. The Hall–Kier alpha value is -3.82. The molecule has 1 aliphatic heterocycles. The van der Waals surface area contributed by atoms with E-state index < -0.39 is 29.4 Å². The predicted octanol–water partition coefficient (Wildman–Crippen LogP) is 4.26. The van der Waals surface area contributed by atoms with Crippen LogP contribution in [-0.2, 0) is 26.1 Å². The largest absolute Gasteiger partial charge is 0.494 e. The highest BCUT2D eigenvalue weighted by molar-refractivity contribution is 7.92. The van der Waals surface area contributed by atoms with Crippen molar-refractivity contribution in [1.29, 1.82) is 0 Å². The van der Waals surface area contributed by atoms with E-state index in [-0.39, 0.29) is 23.0 Å². The Bertz CT molecular complexity index is 1420. The molecule has 0 saturated carbocycles. The van der Waals surface area contributed by atoms with Crippen LogP contribution in [0.25, 0.3) is 0 Å². The van der Waals surface area contributed by atoms with Crippen molar-refractivity contribution in [2.75, 3.05) is 66.5 Å². The highest BCUT2D eigenvalue weighted by Gasteiger charge is 2.27. The molecule has 2 heterocycles. The molecule has 0 aliphatic carbocycles. The molecule has 1 aromatic heterocycles. The number of methoxy groups -OCH3 is 1. The van der Waals surface area contributed by atoms with Crippen LogP contribution in [0.1, 0.15) is 5.56 Å². The zero-order valence-corrected chi connectivity index (χ0v) is 22.6. The van der Waals surface area contributed by atoms with Crippen molar-refractivity contribution in [3.05, 3.63) is 54.2 Å². The van der Waals surface area contributed by atoms with E-state index in [1.165, 1.54) is 19.4 Å². The van der Waals surface area contributed by atoms with Gasteiger partial charge in [0.1, 0.15) is 18.2 Å². The Morgan fingerprint density at radius 2 is 1.77 bits per heavy atom. The Labute approximate surface area is 229 Å². The van der Waals surface area contributed by atoms with E-state index >= 15 is 0 Å². The number of ether oxygens (including phenoxy) is 3. The molecule has 1 fully saturated rings. The molecule has 3 N–H and O–H groups in total. The number of anilines is 6. The van der Waals surface area contributed by atoms with Gasteiger partial charge in [0.15, 0.2) is 0 Å². The van der Waals surface area contributed by atoms with Gasteiger partial charge in [0, 0.05) is 36.6 Å². The normalized spacial score (nSPS) is 14.1. The first-order chi connectivity index (χ1) is 19.0. The van der Waals surface area contributed by atoms with Crippen LogP contribution in [0.2, 0.25) is 0 Å². The van der Waals surface area contributed by atoms with Crippen LogP contribution in [-0.4, -0.2) is 70.8 Å². The average Bonchev–Trinajstić information content (AvgIpc) is 2.90. The first-order valence-corrected chi connectivity index (χ1v) is 14.0. The second-order valence-corrected chi connectivity index (χ2v) is 10.6. The van der Waals surface area contributed by atoms with Gasteiger partial charge in [-0.05, 0) is 24.3 Å². The number of aromatic nitrogens is 2. The molecule has 3 aromatic rings. The maximum Gasteiger partial charge on any atom is 0.411 e. The number of nitrogens with zero attached hydrogens (tertiary/aromatic N) is 3. The first-order valence-electron chi connectivity index (χ1n) is 12.1. The van der Waals surface area contributed by atoms with Crippen molar-refractivity contribution in [1.82, 2.24) is 9.97 Å². The van der Waals surface area contributed by atoms with Crippen LogP contribution in [0.15, 0.2) is 48.7 Å². The van der Waals surface area contributed by atoms with E-state index in [0.717, 1.165) is 25.0 Å². The number of hydrogen-bond acceptors (Lipinski definition) is 10. The third kappa shape index (κ3) is 8.34. The van der Waals surface area contributed by atoms with Crippen LogP contribution in [0.5, 0.6) is 5.75 Å². The van der Waals surface area contributed by atoms with Gasteiger partial charge in [-0.15, -0.1) is 0 Å². The van der Waals surface area contributed by atoms with Gasteiger partial charge in [0.05, 0.1) is 50.2 Å². The van der Waals surface area contributed by atoms with Gasteiger partial charge in [0.25, 0.3) is 0 Å². The zero-order chi connectivity index (χ0) is 28.8. The summed E-state index contributed by atoms with van der Waals surface area (Å²) >= 11 is 0. The molecule has 216 valence electrons. The lowest BCUT2D eigenvalue weighted by molar-refractivity contribution is -0.176. The van der Waals surface area contributed by atoms with E-state index in [2.05, 4.69) is 30.2 Å². The minimum absolute atomic E-state index is 0.117. The molecule has 0 radical (unpaired) electrons. The van der Waals surface area contributed by atoms with E-state index in [9.17, 15) is 21.6 Å². The molecular formula is C25H29F3N6O5S. The Balaban J connectivity index is 1.62. The fourth-order valence-electron chi connectivity index (χ4n) is 3.89. The molecule has 0 spiro atoms. The minimum atomic E-state index is -4.51. The molecule has 40 heavy (non-hydrogen) atoms. The summed E-state index contributed by atoms with van der Waals surface area (Å²) < 4.78 is 79.9. The van der Waals surface area contributed by atoms with Gasteiger partial charge < -0.3 is 29.7 Å². The number of rotatable bonds is 11. The topological polar surface area (TPSA) is 127 Å². The van der Waals surface area contributed by atoms with Gasteiger partial charge in [0.2, 0.25) is 16.0 Å². The summed E-state index contributed by atoms with van der Waals surface area (Å²) in [6, 6.07) is 12.0. The quantitative estimate of drug-likeness (QED) is 0.302. The Morgan fingerprint density at radius 1 is 1.05 bits per heavy atom. The molecular weight excluding hydrogens is 553 g/mol. The fourth-order valence-corrected chi connectivity index (χ4v) is 4.47. The summed E-state index contributed by atoms with van der Waals surface area (Å²) in [7, 11) is -2.08. The maximum atomic E-state index is 12.7. The molecule has 1 aliphatic rings. The summed E-state index contributed by atoms with van der Waals surface area (Å²) in [6.07, 6.45) is -2.17. The van der Waals surface area contributed by atoms with E-state index in [4.69, 9.17) is 14.2 Å². The second-order valence-electron chi connectivity index (χ2n) is 8.83.